The van der Waals surface area contributed by atoms with E-state index in [0.29, 0.717) is 5.69 Å². The summed E-state index contributed by atoms with van der Waals surface area (Å²) in [5.41, 5.74) is 14.8. The average Bonchev–Trinajstić information content (AvgIpc) is 3.29. The third-order valence-corrected chi connectivity index (χ3v) is 9.00. The summed E-state index contributed by atoms with van der Waals surface area (Å²) < 4.78 is 0. The highest BCUT2D eigenvalue weighted by Crippen LogP contribution is 2.50. The molecule has 5 aromatic carbocycles. The second-order valence-corrected chi connectivity index (χ2v) is 11.8. The molecule has 0 aliphatic heterocycles. The molecule has 0 unspecified atom stereocenters. The van der Waals surface area contributed by atoms with Gasteiger partial charge in [0, 0.05) is 28.6 Å². The van der Waals surface area contributed by atoms with Crippen LogP contribution in [-0.2, 0) is 5.41 Å². The normalized spacial score (nSPS) is 13.0. The lowest BCUT2D eigenvalue weighted by atomic mass is 9.81. The maximum absolute atomic E-state index is 7.25. The fourth-order valence-corrected chi connectivity index (χ4v) is 6.68. The van der Waals surface area contributed by atoms with Crippen molar-refractivity contribution in [2.75, 3.05) is 0 Å². The summed E-state index contributed by atoms with van der Waals surface area (Å²) in [6, 6.07) is 40.9. The first kappa shape index (κ1) is 25.1. The van der Waals surface area contributed by atoms with Crippen molar-refractivity contribution in [1.29, 1.82) is 0 Å². The van der Waals surface area contributed by atoms with Crippen molar-refractivity contribution in [3.8, 4) is 44.5 Å². The highest BCUT2D eigenvalue weighted by molar-refractivity contribution is 6.10. The molecule has 7 aromatic rings. The van der Waals surface area contributed by atoms with Gasteiger partial charge in [0.05, 0.1) is 17.6 Å². The lowest BCUT2D eigenvalue weighted by molar-refractivity contribution is 0.661. The predicted octanol–water partition coefficient (Wildman–Crippen LogP) is 10.6. The third kappa shape index (κ3) is 3.95. The molecule has 0 fully saturated rings. The summed E-state index contributed by atoms with van der Waals surface area (Å²) in [4.78, 5) is 12.8. The van der Waals surface area contributed by atoms with Crippen molar-refractivity contribution >= 4 is 27.5 Å². The fraction of sp³-hybridized carbons (Fsp3) is 0.0750. The third-order valence-electron chi connectivity index (χ3n) is 9.00. The van der Waals surface area contributed by atoms with Gasteiger partial charge in [-0.25, -0.2) is 4.85 Å². The Bertz CT molecular complexity index is 2250. The molecule has 0 bridgehead atoms. The summed E-state index contributed by atoms with van der Waals surface area (Å²) in [5.74, 6) is 0. The van der Waals surface area contributed by atoms with E-state index in [9.17, 15) is 0 Å². The van der Waals surface area contributed by atoms with Crippen molar-refractivity contribution in [2.24, 2.45) is 0 Å². The lowest BCUT2D eigenvalue weighted by Gasteiger charge is -2.22. The Kier molecular flexibility index (Phi) is 5.54. The lowest BCUT2D eigenvalue weighted by Crippen LogP contribution is -2.15. The Balaban J connectivity index is 1.16. The molecule has 202 valence electrons. The highest BCUT2D eigenvalue weighted by atomic mass is 14.7. The first-order valence-corrected chi connectivity index (χ1v) is 14.5. The SMILES string of the molecule is [C-]#[N+]c1ccc(-c2ccc3c(c2)C(C)(C)c2cc(-c4ccc(-c5cc6cccnc6c6ncccc56)cc4)ccc2-3)cc1. The van der Waals surface area contributed by atoms with E-state index in [-0.39, 0.29) is 5.41 Å². The summed E-state index contributed by atoms with van der Waals surface area (Å²) in [7, 11) is 0. The van der Waals surface area contributed by atoms with Crippen LogP contribution >= 0.6 is 0 Å². The largest absolute Gasteiger partial charge is 0.254 e. The van der Waals surface area contributed by atoms with Crippen LogP contribution in [0.1, 0.15) is 25.0 Å². The molecule has 0 spiro atoms. The molecule has 2 aromatic heterocycles. The van der Waals surface area contributed by atoms with E-state index >= 15 is 0 Å². The van der Waals surface area contributed by atoms with E-state index in [1.165, 1.54) is 50.1 Å². The molecular formula is C40H27N3. The van der Waals surface area contributed by atoms with Crippen LogP contribution in [0, 0.1) is 6.57 Å². The maximum atomic E-state index is 7.25. The molecule has 43 heavy (non-hydrogen) atoms. The van der Waals surface area contributed by atoms with Crippen molar-refractivity contribution in [3.63, 3.8) is 0 Å². The van der Waals surface area contributed by atoms with Crippen LogP contribution in [0.5, 0.6) is 0 Å². The number of aromatic nitrogens is 2. The van der Waals surface area contributed by atoms with Gasteiger partial charge in [-0.2, -0.15) is 0 Å². The number of nitrogens with zero attached hydrogens (tertiary/aromatic N) is 3. The predicted molar refractivity (Wildman–Crippen MR) is 177 cm³/mol. The molecule has 0 saturated carbocycles. The number of hydrogen-bond donors (Lipinski definition) is 0. The Hall–Kier alpha value is -5.59. The molecule has 0 radical (unpaired) electrons. The molecule has 8 rings (SSSR count). The van der Waals surface area contributed by atoms with E-state index in [0.717, 1.165) is 27.4 Å². The first-order valence-electron chi connectivity index (χ1n) is 14.5. The van der Waals surface area contributed by atoms with Crippen molar-refractivity contribution < 1.29 is 0 Å². The van der Waals surface area contributed by atoms with Gasteiger partial charge in [0.2, 0.25) is 0 Å². The van der Waals surface area contributed by atoms with Crippen LogP contribution in [0.15, 0.2) is 128 Å². The molecule has 1 aliphatic carbocycles. The monoisotopic (exact) mass is 549 g/mol. The van der Waals surface area contributed by atoms with Gasteiger partial charge in [-0.05, 0) is 86.0 Å². The molecule has 0 N–H and O–H groups in total. The van der Waals surface area contributed by atoms with E-state index in [4.69, 9.17) is 6.57 Å². The molecule has 0 amide bonds. The Labute approximate surface area is 251 Å². The van der Waals surface area contributed by atoms with Crippen LogP contribution in [0.4, 0.5) is 5.69 Å². The van der Waals surface area contributed by atoms with E-state index in [1.807, 2.05) is 48.8 Å². The summed E-state index contributed by atoms with van der Waals surface area (Å²) >= 11 is 0. The molecule has 1 aliphatic rings. The zero-order valence-corrected chi connectivity index (χ0v) is 24.0. The van der Waals surface area contributed by atoms with Crippen LogP contribution in [0.2, 0.25) is 0 Å². The van der Waals surface area contributed by atoms with Crippen molar-refractivity contribution in [1.82, 2.24) is 9.97 Å². The summed E-state index contributed by atoms with van der Waals surface area (Å²) in [6.45, 7) is 11.9. The Morgan fingerprint density at radius 3 is 1.70 bits per heavy atom. The molecule has 0 saturated heterocycles. The topological polar surface area (TPSA) is 30.1 Å². The maximum Gasteiger partial charge on any atom is 0.187 e. The van der Waals surface area contributed by atoms with Gasteiger partial charge >= 0.3 is 0 Å². The number of benzene rings is 5. The molecule has 0 atom stereocenters. The summed E-state index contributed by atoms with van der Waals surface area (Å²) in [5, 5.41) is 2.21. The van der Waals surface area contributed by atoms with Gasteiger partial charge in [0.15, 0.2) is 5.69 Å². The zero-order valence-electron chi connectivity index (χ0n) is 24.0. The van der Waals surface area contributed by atoms with Crippen LogP contribution in [0.3, 0.4) is 0 Å². The van der Waals surface area contributed by atoms with Crippen LogP contribution < -0.4 is 0 Å². The minimum atomic E-state index is -0.127. The molecule has 2 heterocycles. The number of pyridine rings is 2. The molecular weight excluding hydrogens is 522 g/mol. The quantitative estimate of drug-likeness (QED) is 0.162. The van der Waals surface area contributed by atoms with Gasteiger partial charge in [-0.3, -0.25) is 9.97 Å². The van der Waals surface area contributed by atoms with Gasteiger partial charge < -0.3 is 0 Å². The van der Waals surface area contributed by atoms with Gasteiger partial charge in [-0.1, -0.05) is 98.8 Å². The first-order chi connectivity index (χ1) is 21.0. The van der Waals surface area contributed by atoms with Crippen LogP contribution in [0.25, 0.3) is 71.2 Å². The molecule has 3 heteroatoms. The highest BCUT2D eigenvalue weighted by Gasteiger charge is 2.35. The number of fused-ring (bicyclic) bond motifs is 6. The summed E-state index contributed by atoms with van der Waals surface area (Å²) in [6.07, 6.45) is 3.67. The molecule has 3 nitrogen and oxygen atoms in total. The number of hydrogen-bond acceptors (Lipinski definition) is 2. The zero-order chi connectivity index (χ0) is 29.1. The van der Waals surface area contributed by atoms with Gasteiger partial charge in [0.1, 0.15) is 0 Å². The second-order valence-electron chi connectivity index (χ2n) is 11.8. The smallest absolute Gasteiger partial charge is 0.187 e. The van der Waals surface area contributed by atoms with Crippen molar-refractivity contribution in [3.05, 3.63) is 150 Å². The van der Waals surface area contributed by atoms with Crippen molar-refractivity contribution in [2.45, 2.75) is 19.3 Å². The van der Waals surface area contributed by atoms with E-state index in [2.05, 4.69) is 108 Å². The number of rotatable bonds is 3. The van der Waals surface area contributed by atoms with Gasteiger partial charge in [-0.15, -0.1) is 0 Å². The van der Waals surface area contributed by atoms with Crippen LogP contribution in [-0.4, -0.2) is 9.97 Å². The van der Waals surface area contributed by atoms with E-state index < -0.39 is 0 Å². The Morgan fingerprint density at radius 1 is 0.535 bits per heavy atom. The minimum absolute atomic E-state index is 0.127. The van der Waals surface area contributed by atoms with E-state index in [1.54, 1.807) is 0 Å². The standard InChI is InChI=1S/C40H27N3/c1-40(2)36-23-28(14-18-32(36)33-19-15-29(24-37(33)40)26-12-16-31(41-3)17-13-26)25-8-10-27(11-9-25)35-22-30-6-4-20-42-38(30)39-34(35)7-5-21-43-39/h4-24H,1-2H3. The fourth-order valence-electron chi connectivity index (χ4n) is 6.68. The Morgan fingerprint density at radius 2 is 1.07 bits per heavy atom. The average molecular weight is 550 g/mol. The second kappa shape index (κ2) is 9.48. The minimum Gasteiger partial charge on any atom is -0.254 e. The van der Waals surface area contributed by atoms with Gasteiger partial charge in [0.25, 0.3) is 0 Å².